The topological polar surface area (TPSA) is 12.4 Å². The lowest BCUT2D eigenvalue weighted by Gasteiger charge is -2.60. The monoisotopic (exact) mass is 425 g/mol. The summed E-state index contributed by atoms with van der Waals surface area (Å²) in [5, 5.41) is 4.17. The van der Waals surface area contributed by atoms with Gasteiger partial charge in [0, 0.05) is 18.3 Å². The first-order valence-corrected chi connectivity index (χ1v) is 13.0. The minimum atomic E-state index is -0.605. The van der Waals surface area contributed by atoms with E-state index in [1.165, 1.54) is 40.7 Å². The average molecular weight is 426 g/mol. The highest BCUT2D eigenvalue weighted by Gasteiger charge is 2.53. The highest BCUT2D eigenvalue weighted by molar-refractivity contribution is 7.80. The van der Waals surface area contributed by atoms with Crippen molar-refractivity contribution in [2.75, 3.05) is 6.54 Å². The quantitative estimate of drug-likeness (QED) is 0.343. The normalized spacial score (nSPS) is 24.3. The van der Waals surface area contributed by atoms with Gasteiger partial charge >= 0.3 is 0 Å². The molecular weight excluding hydrogens is 393 g/mol. The third-order valence-corrected chi connectivity index (χ3v) is 10.3. The molecule has 6 rings (SSSR count). The minimum Gasteiger partial charge on any atom is -0.292 e. The van der Waals surface area contributed by atoms with Gasteiger partial charge in [0.05, 0.1) is 0 Å². The smallest absolute Gasteiger partial charge is 0.0420 e. The molecule has 0 spiro atoms. The predicted molar refractivity (Wildman–Crippen MR) is 136 cm³/mol. The number of nitrogens with zero attached hydrogens (tertiary/aromatic N) is 1. The Morgan fingerprint density at radius 2 is 1.45 bits per heavy atom. The molecule has 2 bridgehead atoms. The third-order valence-electron chi connectivity index (χ3n) is 7.78. The Balaban J connectivity index is 1.43. The zero-order valence-corrected chi connectivity index (χ0v) is 19.5. The molecule has 0 aromatic heterocycles. The maximum atomic E-state index is 5.02. The van der Waals surface area contributed by atoms with Crippen LogP contribution in [0.3, 0.4) is 0 Å². The molecule has 0 radical (unpaired) electrons. The van der Waals surface area contributed by atoms with Crippen molar-refractivity contribution in [3.8, 4) is 0 Å². The van der Waals surface area contributed by atoms with Crippen LogP contribution in [0.25, 0.3) is 0 Å². The van der Waals surface area contributed by atoms with E-state index in [2.05, 4.69) is 105 Å². The fourth-order valence-electron chi connectivity index (χ4n) is 5.85. The maximum absolute atomic E-state index is 5.02. The van der Waals surface area contributed by atoms with Crippen molar-refractivity contribution in [2.45, 2.75) is 33.1 Å². The summed E-state index contributed by atoms with van der Waals surface area (Å²) in [6, 6.07) is 30.8. The Morgan fingerprint density at radius 1 is 0.839 bits per heavy atom. The van der Waals surface area contributed by atoms with E-state index in [9.17, 15) is 0 Å². The molecule has 0 N–H and O–H groups in total. The van der Waals surface area contributed by atoms with E-state index in [0.29, 0.717) is 5.41 Å². The van der Waals surface area contributed by atoms with Crippen LogP contribution in [0.5, 0.6) is 0 Å². The SMILES string of the molecule is CC1(C)[C@@H]2CCC(CN=Cc3ccccc3P(c3ccccc3)c3ccccc3)[C@H]1C2. The third kappa shape index (κ3) is 4.01. The first-order chi connectivity index (χ1) is 15.1. The lowest BCUT2D eigenvalue weighted by atomic mass is 9.45. The molecule has 3 fully saturated rings. The van der Waals surface area contributed by atoms with Crippen LogP contribution in [0, 0.1) is 23.2 Å². The van der Waals surface area contributed by atoms with Crippen LogP contribution in [0.2, 0.25) is 0 Å². The van der Waals surface area contributed by atoms with Gasteiger partial charge in [-0.3, -0.25) is 4.99 Å². The molecule has 3 aliphatic carbocycles. The van der Waals surface area contributed by atoms with Gasteiger partial charge in [-0.1, -0.05) is 98.8 Å². The van der Waals surface area contributed by atoms with E-state index in [1.54, 1.807) is 0 Å². The Labute approximate surface area is 188 Å². The van der Waals surface area contributed by atoms with Crippen LogP contribution in [-0.2, 0) is 0 Å². The largest absolute Gasteiger partial charge is 0.292 e. The summed E-state index contributed by atoms with van der Waals surface area (Å²) in [4.78, 5) is 5.02. The van der Waals surface area contributed by atoms with Gasteiger partial charge < -0.3 is 0 Å². The number of hydrogen-bond acceptors (Lipinski definition) is 1. The van der Waals surface area contributed by atoms with Gasteiger partial charge in [-0.2, -0.15) is 0 Å². The fourth-order valence-corrected chi connectivity index (χ4v) is 8.27. The summed E-state index contributed by atoms with van der Waals surface area (Å²) in [6.45, 7) is 5.93. The van der Waals surface area contributed by atoms with Crippen molar-refractivity contribution in [3.05, 3.63) is 90.5 Å². The number of aliphatic imine (C=N–C) groups is 1. The Hall–Kier alpha value is -2.24. The van der Waals surface area contributed by atoms with E-state index in [0.717, 1.165) is 24.3 Å². The number of fused-ring (bicyclic) bond motifs is 2. The van der Waals surface area contributed by atoms with Gasteiger partial charge in [0.1, 0.15) is 0 Å². The van der Waals surface area contributed by atoms with Crippen molar-refractivity contribution in [3.63, 3.8) is 0 Å². The van der Waals surface area contributed by atoms with E-state index >= 15 is 0 Å². The van der Waals surface area contributed by atoms with Crippen LogP contribution in [0.4, 0.5) is 0 Å². The lowest BCUT2D eigenvalue weighted by Crippen LogP contribution is -2.53. The first-order valence-electron chi connectivity index (χ1n) is 11.6. The van der Waals surface area contributed by atoms with Crippen LogP contribution in [0.15, 0.2) is 89.9 Å². The van der Waals surface area contributed by atoms with Crippen molar-refractivity contribution < 1.29 is 0 Å². The fraction of sp³-hybridized carbons (Fsp3) is 0.345. The van der Waals surface area contributed by atoms with Crippen molar-refractivity contribution in [2.24, 2.45) is 28.2 Å². The lowest BCUT2D eigenvalue weighted by molar-refractivity contribution is -0.101. The van der Waals surface area contributed by atoms with Crippen molar-refractivity contribution >= 4 is 30.0 Å². The van der Waals surface area contributed by atoms with Gasteiger partial charge in [0.15, 0.2) is 0 Å². The van der Waals surface area contributed by atoms with Gasteiger partial charge in [-0.25, -0.2) is 0 Å². The Kier molecular flexibility index (Phi) is 5.81. The number of benzene rings is 3. The molecule has 0 heterocycles. The molecule has 0 saturated heterocycles. The molecule has 1 nitrogen and oxygen atoms in total. The van der Waals surface area contributed by atoms with E-state index < -0.39 is 7.92 Å². The molecule has 3 aromatic carbocycles. The van der Waals surface area contributed by atoms with Gasteiger partial charge in [0.25, 0.3) is 0 Å². The zero-order valence-electron chi connectivity index (χ0n) is 18.6. The van der Waals surface area contributed by atoms with Crippen molar-refractivity contribution in [1.29, 1.82) is 0 Å². The molecular formula is C29H32NP. The Morgan fingerprint density at radius 3 is 2.06 bits per heavy atom. The van der Waals surface area contributed by atoms with Crippen LogP contribution < -0.4 is 15.9 Å². The molecule has 0 aliphatic heterocycles. The summed E-state index contributed by atoms with van der Waals surface area (Å²) in [5.41, 5.74) is 1.80. The molecule has 3 saturated carbocycles. The molecule has 3 atom stereocenters. The summed E-state index contributed by atoms with van der Waals surface area (Å²) >= 11 is 0. The highest BCUT2D eigenvalue weighted by Crippen LogP contribution is 2.61. The van der Waals surface area contributed by atoms with E-state index in [-0.39, 0.29) is 0 Å². The zero-order chi connectivity index (χ0) is 21.3. The van der Waals surface area contributed by atoms with Crippen LogP contribution in [-0.4, -0.2) is 12.8 Å². The first kappa shape index (κ1) is 20.7. The summed E-state index contributed by atoms with van der Waals surface area (Å²) < 4.78 is 0. The van der Waals surface area contributed by atoms with Gasteiger partial charge in [-0.05, 0) is 66.3 Å². The van der Waals surface area contributed by atoms with Gasteiger partial charge in [-0.15, -0.1) is 0 Å². The second-order valence-corrected chi connectivity index (χ2v) is 11.9. The number of rotatable bonds is 6. The van der Waals surface area contributed by atoms with Gasteiger partial charge in [0.2, 0.25) is 0 Å². The highest BCUT2D eigenvalue weighted by atomic mass is 31.1. The molecule has 31 heavy (non-hydrogen) atoms. The minimum absolute atomic E-state index is 0.533. The molecule has 158 valence electrons. The Bertz CT molecular complexity index is 999. The second kappa shape index (κ2) is 8.71. The standard InChI is InChI=1S/C29H32NP/c1-29(2)24-18-17-22(27(29)19-24)20-30-21-23-11-9-10-16-28(23)31(25-12-5-3-6-13-25)26-14-7-4-8-15-26/h3-16,21-22,24,27H,17-20H2,1-2H3/t22?,24-,27-/m1/s1. The molecule has 2 heteroatoms. The predicted octanol–water partition coefficient (Wildman–Crippen LogP) is 5.94. The van der Waals surface area contributed by atoms with Crippen LogP contribution >= 0.6 is 7.92 Å². The number of hydrogen-bond donors (Lipinski definition) is 0. The molecule has 3 aliphatic rings. The summed E-state index contributed by atoms with van der Waals surface area (Å²) in [6.07, 6.45) is 6.34. The second-order valence-electron chi connectivity index (χ2n) is 9.76. The molecule has 3 aromatic rings. The van der Waals surface area contributed by atoms with Crippen molar-refractivity contribution in [1.82, 2.24) is 0 Å². The maximum Gasteiger partial charge on any atom is 0.0420 e. The van der Waals surface area contributed by atoms with E-state index in [4.69, 9.17) is 4.99 Å². The average Bonchev–Trinajstić information content (AvgIpc) is 2.82. The van der Waals surface area contributed by atoms with E-state index in [1.807, 2.05) is 0 Å². The van der Waals surface area contributed by atoms with Crippen LogP contribution in [0.1, 0.15) is 38.7 Å². The summed E-state index contributed by atoms with van der Waals surface area (Å²) in [5.74, 6) is 2.58. The molecule has 0 amide bonds. The summed E-state index contributed by atoms with van der Waals surface area (Å²) in [7, 11) is -0.605. The molecule has 1 unspecified atom stereocenters.